The second kappa shape index (κ2) is 6.19. The minimum Gasteiger partial charge on any atom is -0.486 e. The Morgan fingerprint density at radius 2 is 2.04 bits per heavy atom. The van der Waals surface area contributed by atoms with Gasteiger partial charge in [0.1, 0.15) is 6.61 Å². The summed E-state index contributed by atoms with van der Waals surface area (Å²) in [6.07, 6.45) is 3.74. The van der Waals surface area contributed by atoms with Crippen molar-refractivity contribution in [2.75, 3.05) is 20.2 Å². The molecule has 1 aromatic carbocycles. The summed E-state index contributed by atoms with van der Waals surface area (Å²) in [5.74, 6) is 1.69. The van der Waals surface area contributed by atoms with Crippen LogP contribution in [0.25, 0.3) is 0 Å². The smallest absolute Gasteiger partial charge is 0.292 e. The number of nitrogens with zero attached hydrogens (tertiary/aromatic N) is 2. The van der Waals surface area contributed by atoms with Crippen molar-refractivity contribution in [3.8, 4) is 11.5 Å². The van der Waals surface area contributed by atoms with Crippen LogP contribution in [0.3, 0.4) is 0 Å². The number of likely N-dealkylation sites (N-methyl/N-ethyl adjacent to an activating group) is 1. The maximum atomic E-state index is 12.7. The minimum atomic E-state index is -0.201. The first-order valence-corrected chi connectivity index (χ1v) is 8.34. The SMILES string of the molecule is CN(C[C@H]1COc2ccccc2O1)C(=O)c1onc2c1CCCC2. The topological polar surface area (TPSA) is 64.8 Å². The van der Waals surface area contributed by atoms with Crippen LogP contribution in [0.5, 0.6) is 11.5 Å². The summed E-state index contributed by atoms with van der Waals surface area (Å²) in [4.78, 5) is 14.3. The second-order valence-electron chi connectivity index (χ2n) is 6.33. The summed E-state index contributed by atoms with van der Waals surface area (Å²) in [6, 6.07) is 7.56. The number of amides is 1. The van der Waals surface area contributed by atoms with Crippen molar-refractivity contribution < 1.29 is 18.8 Å². The first kappa shape index (κ1) is 15.1. The van der Waals surface area contributed by atoms with E-state index in [4.69, 9.17) is 14.0 Å². The quantitative estimate of drug-likeness (QED) is 0.866. The van der Waals surface area contributed by atoms with Crippen LogP contribution in [0.15, 0.2) is 28.8 Å². The third-order valence-electron chi connectivity index (χ3n) is 4.55. The van der Waals surface area contributed by atoms with Gasteiger partial charge in [0.05, 0.1) is 12.2 Å². The molecule has 6 nitrogen and oxygen atoms in total. The number of carbonyl (C=O) groups is 1. The van der Waals surface area contributed by atoms with E-state index in [2.05, 4.69) is 5.16 Å². The van der Waals surface area contributed by atoms with E-state index in [0.29, 0.717) is 24.7 Å². The van der Waals surface area contributed by atoms with Crippen LogP contribution in [0.4, 0.5) is 0 Å². The number of fused-ring (bicyclic) bond motifs is 2. The van der Waals surface area contributed by atoms with Crippen molar-refractivity contribution in [1.29, 1.82) is 0 Å². The lowest BCUT2D eigenvalue weighted by Crippen LogP contribution is -2.42. The van der Waals surface area contributed by atoms with Gasteiger partial charge in [-0.3, -0.25) is 4.79 Å². The molecule has 126 valence electrons. The van der Waals surface area contributed by atoms with Crippen molar-refractivity contribution in [2.45, 2.75) is 31.8 Å². The zero-order chi connectivity index (χ0) is 16.5. The highest BCUT2D eigenvalue weighted by Gasteiger charge is 2.29. The summed E-state index contributed by atoms with van der Waals surface area (Å²) >= 11 is 0. The molecule has 1 aliphatic carbocycles. The highest BCUT2D eigenvalue weighted by Crippen LogP contribution is 2.31. The highest BCUT2D eigenvalue weighted by molar-refractivity contribution is 5.93. The Bertz CT molecular complexity index is 755. The molecule has 6 heteroatoms. The van der Waals surface area contributed by atoms with E-state index in [9.17, 15) is 4.79 Å². The van der Waals surface area contributed by atoms with Crippen molar-refractivity contribution in [3.05, 3.63) is 41.3 Å². The van der Waals surface area contributed by atoms with E-state index in [0.717, 1.165) is 42.7 Å². The first-order chi connectivity index (χ1) is 11.7. The summed E-state index contributed by atoms with van der Waals surface area (Å²) in [5, 5.41) is 4.06. The van der Waals surface area contributed by atoms with Crippen LogP contribution >= 0.6 is 0 Å². The lowest BCUT2D eigenvalue weighted by atomic mass is 9.96. The fraction of sp³-hybridized carbons (Fsp3) is 0.444. The van der Waals surface area contributed by atoms with Gasteiger partial charge < -0.3 is 18.9 Å². The van der Waals surface area contributed by atoms with Crippen LogP contribution < -0.4 is 9.47 Å². The van der Waals surface area contributed by atoms with Crippen LogP contribution in [0, 0.1) is 0 Å². The van der Waals surface area contributed by atoms with Gasteiger partial charge in [0.2, 0.25) is 5.76 Å². The van der Waals surface area contributed by atoms with Crippen molar-refractivity contribution in [3.63, 3.8) is 0 Å². The monoisotopic (exact) mass is 328 g/mol. The normalized spacial score (nSPS) is 18.8. The third kappa shape index (κ3) is 2.72. The van der Waals surface area contributed by atoms with Crippen LogP contribution in [-0.4, -0.2) is 42.3 Å². The molecule has 0 bridgehead atoms. The first-order valence-electron chi connectivity index (χ1n) is 8.34. The van der Waals surface area contributed by atoms with E-state index in [-0.39, 0.29) is 12.0 Å². The van der Waals surface area contributed by atoms with Gasteiger partial charge in [0.15, 0.2) is 17.6 Å². The number of ether oxygens (including phenoxy) is 2. The predicted molar refractivity (Wildman–Crippen MR) is 86.5 cm³/mol. The molecule has 0 fully saturated rings. The van der Waals surface area contributed by atoms with E-state index >= 15 is 0 Å². The lowest BCUT2D eigenvalue weighted by Gasteiger charge is -2.29. The summed E-state index contributed by atoms with van der Waals surface area (Å²) in [7, 11) is 1.75. The summed E-state index contributed by atoms with van der Waals surface area (Å²) < 4.78 is 16.9. The van der Waals surface area contributed by atoms with Gasteiger partial charge in [-0.05, 0) is 37.8 Å². The van der Waals surface area contributed by atoms with Gasteiger partial charge >= 0.3 is 0 Å². The van der Waals surface area contributed by atoms with Crippen LogP contribution in [-0.2, 0) is 12.8 Å². The molecule has 1 aliphatic heterocycles. The van der Waals surface area contributed by atoms with Gasteiger partial charge in [-0.25, -0.2) is 0 Å². The van der Waals surface area contributed by atoms with Gasteiger partial charge in [-0.15, -0.1) is 0 Å². The lowest BCUT2D eigenvalue weighted by molar-refractivity contribution is 0.0495. The summed E-state index contributed by atoms with van der Waals surface area (Å²) in [5.41, 5.74) is 1.91. The van der Waals surface area contributed by atoms with E-state index < -0.39 is 0 Å². The molecule has 0 saturated carbocycles. The van der Waals surface area contributed by atoms with Gasteiger partial charge in [0, 0.05) is 12.6 Å². The molecule has 1 atom stereocenters. The molecule has 4 rings (SSSR count). The Balaban J connectivity index is 1.44. The second-order valence-corrected chi connectivity index (χ2v) is 6.33. The fourth-order valence-corrected chi connectivity index (χ4v) is 3.27. The zero-order valence-electron chi connectivity index (χ0n) is 13.7. The predicted octanol–water partition coefficient (Wildman–Crippen LogP) is 2.47. The van der Waals surface area contributed by atoms with Crippen LogP contribution in [0.2, 0.25) is 0 Å². The Labute approximate surface area is 140 Å². The molecule has 2 aromatic rings. The molecule has 1 amide bonds. The van der Waals surface area contributed by atoms with Crippen molar-refractivity contribution in [2.24, 2.45) is 0 Å². The number of aromatic nitrogens is 1. The molecule has 2 aliphatic rings. The summed E-state index contributed by atoms with van der Waals surface area (Å²) in [6.45, 7) is 0.853. The molecule has 0 spiro atoms. The average molecular weight is 328 g/mol. The van der Waals surface area contributed by atoms with Gasteiger partial charge in [-0.2, -0.15) is 0 Å². The minimum absolute atomic E-state index is 0.145. The number of rotatable bonds is 3. The standard InChI is InChI=1S/C18H20N2O4/c1-20(10-12-11-22-15-8-4-5-9-16(15)23-12)18(21)17-13-6-2-3-7-14(13)19-24-17/h4-5,8-9,12H,2-3,6-7,10-11H2,1H3/t12-/m0/s1. The Hall–Kier alpha value is -2.50. The number of hydrogen-bond acceptors (Lipinski definition) is 5. The van der Waals surface area contributed by atoms with E-state index in [1.807, 2.05) is 24.3 Å². The fourth-order valence-electron chi connectivity index (χ4n) is 3.27. The number of benzene rings is 1. The number of aryl methyl sites for hydroxylation is 1. The molecule has 0 unspecified atom stereocenters. The highest BCUT2D eigenvalue weighted by atomic mass is 16.6. The third-order valence-corrected chi connectivity index (χ3v) is 4.55. The van der Waals surface area contributed by atoms with E-state index in [1.165, 1.54) is 0 Å². The Morgan fingerprint density at radius 1 is 1.25 bits per heavy atom. The van der Waals surface area contributed by atoms with Gasteiger partial charge in [-0.1, -0.05) is 17.3 Å². The van der Waals surface area contributed by atoms with Crippen molar-refractivity contribution in [1.82, 2.24) is 10.1 Å². The molecule has 1 aromatic heterocycles. The number of para-hydroxylation sites is 2. The molecule has 0 saturated heterocycles. The molecular weight excluding hydrogens is 308 g/mol. The largest absolute Gasteiger partial charge is 0.486 e. The van der Waals surface area contributed by atoms with E-state index in [1.54, 1.807) is 11.9 Å². The maximum absolute atomic E-state index is 12.7. The zero-order valence-corrected chi connectivity index (χ0v) is 13.7. The molecule has 0 N–H and O–H groups in total. The Morgan fingerprint density at radius 3 is 2.92 bits per heavy atom. The number of hydrogen-bond donors (Lipinski definition) is 0. The molecule has 24 heavy (non-hydrogen) atoms. The van der Waals surface area contributed by atoms with Gasteiger partial charge in [0.25, 0.3) is 5.91 Å². The maximum Gasteiger partial charge on any atom is 0.292 e. The average Bonchev–Trinajstić information content (AvgIpc) is 3.05. The van der Waals surface area contributed by atoms with Crippen LogP contribution in [0.1, 0.15) is 34.7 Å². The molecule has 2 heterocycles. The van der Waals surface area contributed by atoms with Crippen molar-refractivity contribution >= 4 is 5.91 Å². The number of carbonyl (C=O) groups excluding carboxylic acids is 1. The molecule has 0 radical (unpaired) electrons. The Kier molecular flexibility index (Phi) is 3.88. The molecular formula is C18H20N2O4.